The smallest absolute Gasteiger partial charge is 0.256 e. The molecule has 112 valence electrons. The van der Waals surface area contributed by atoms with E-state index in [1.54, 1.807) is 14.2 Å². The number of nitrogens with one attached hydrogen (secondary N) is 1. The second-order valence-corrected chi connectivity index (χ2v) is 5.07. The Morgan fingerprint density at radius 1 is 1.20 bits per heavy atom. The molecule has 1 N–H and O–H groups in total. The van der Waals surface area contributed by atoms with Gasteiger partial charge in [0.1, 0.15) is 11.4 Å². The molecule has 1 rings (SSSR count). The number of anilines is 1. The minimum Gasteiger partial charge on any atom is -0.497 e. The molecule has 20 heavy (non-hydrogen) atoms. The van der Waals surface area contributed by atoms with Crippen LogP contribution in [0.4, 0.5) is 5.69 Å². The zero-order chi connectivity index (χ0) is 15.0. The molecule has 0 saturated carbocycles. The monoisotopic (exact) mass is 279 g/mol. The van der Waals surface area contributed by atoms with Gasteiger partial charge in [0.15, 0.2) is 0 Å². The molecule has 0 saturated heterocycles. The van der Waals surface area contributed by atoms with Gasteiger partial charge in [0.05, 0.1) is 7.11 Å². The third-order valence-electron chi connectivity index (χ3n) is 3.54. The van der Waals surface area contributed by atoms with Crippen LogP contribution >= 0.6 is 0 Å². The molecule has 0 aliphatic rings. The Kier molecular flexibility index (Phi) is 6.52. The molecule has 0 fully saturated rings. The molecule has 0 spiro atoms. The zero-order valence-corrected chi connectivity index (χ0v) is 12.9. The van der Waals surface area contributed by atoms with Gasteiger partial charge in [-0.1, -0.05) is 26.2 Å². The summed E-state index contributed by atoms with van der Waals surface area (Å²) in [7, 11) is 3.20. The van der Waals surface area contributed by atoms with Gasteiger partial charge in [0.25, 0.3) is 5.91 Å². The number of rotatable bonds is 8. The number of ether oxygens (including phenoxy) is 2. The highest BCUT2D eigenvalue weighted by molar-refractivity contribution is 5.97. The fraction of sp³-hybridized carbons (Fsp3) is 0.562. The summed E-state index contributed by atoms with van der Waals surface area (Å²) >= 11 is 0. The van der Waals surface area contributed by atoms with Crippen LogP contribution in [-0.2, 0) is 9.53 Å². The lowest BCUT2D eigenvalue weighted by Crippen LogP contribution is -2.41. The van der Waals surface area contributed by atoms with Crippen molar-refractivity contribution in [1.29, 1.82) is 0 Å². The summed E-state index contributed by atoms with van der Waals surface area (Å²) in [5.41, 5.74) is -0.0377. The predicted molar refractivity (Wildman–Crippen MR) is 81.2 cm³/mol. The number of methoxy groups -OCH3 is 2. The predicted octanol–water partition coefficient (Wildman–Crippen LogP) is 3.62. The van der Waals surface area contributed by atoms with Gasteiger partial charge in [0, 0.05) is 12.8 Å². The lowest BCUT2D eigenvalue weighted by Gasteiger charge is -2.26. The topological polar surface area (TPSA) is 47.6 Å². The number of benzene rings is 1. The molecule has 0 aliphatic carbocycles. The summed E-state index contributed by atoms with van der Waals surface area (Å²) in [4.78, 5) is 12.3. The molecule has 1 aromatic rings. The van der Waals surface area contributed by atoms with Crippen molar-refractivity contribution in [3.05, 3.63) is 24.3 Å². The first-order valence-electron chi connectivity index (χ1n) is 7.06. The summed E-state index contributed by atoms with van der Waals surface area (Å²) in [6.45, 7) is 3.98. The summed E-state index contributed by atoms with van der Waals surface area (Å²) in [6.07, 6.45) is 3.94. The van der Waals surface area contributed by atoms with Crippen molar-refractivity contribution >= 4 is 11.6 Å². The van der Waals surface area contributed by atoms with Gasteiger partial charge in [-0.3, -0.25) is 4.79 Å². The molecule has 4 heteroatoms. The molecule has 1 aromatic carbocycles. The Hall–Kier alpha value is -1.55. The van der Waals surface area contributed by atoms with E-state index in [2.05, 4.69) is 12.2 Å². The van der Waals surface area contributed by atoms with Crippen LogP contribution < -0.4 is 10.1 Å². The van der Waals surface area contributed by atoms with Crippen LogP contribution in [0.25, 0.3) is 0 Å². The zero-order valence-electron chi connectivity index (χ0n) is 12.9. The molecular formula is C16H25NO3. The lowest BCUT2D eigenvalue weighted by molar-refractivity contribution is -0.136. The van der Waals surface area contributed by atoms with E-state index in [-0.39, 0.29) is 5.91 Å². The number of hydrogen-bond acceptors (Lipinski definition) is 3. The van der Waals surface area contributed by atoms with Crippen LogP contribution in [0.5, 0.6) is 5.75 Å². The minimum absolute atomic E-state index is 0.110. The Labute approximate surface area is 121 Å². The van der Waals surface area contributed by atoms with E-state index >= 15 is 0 Å². The Balaban J connectivity index is 2.65. The maximum Gasteiger partial charge on any atom is 0.256 e. The average molecular weight is 279 g/mol. The van der Waals surface area contributed by atoms with Crippen LogP contribution in [0.2, 0.25) is 0 Å². The highest BCUT2D eigenvalue weighted by Crippen LogP contribution is 2.22. The first kappa shape index (κ1) is 16.5. The molecule has 4 nitrogen and oxygen atoms in total. The second-order valence-electron chi connectivity index (χ2n) is 5.07. The Morgan fingerprint density at radius 3 is 2.35 bits per heavy atom. The van der Waals surface area contributed by atoms with Crippen LogP contribution in [0.15, 0.2) is 24.3 Å². The van der Waals surface area contributed by atoms with Crippen molar-refractivity contribution in [2.45, 2.75) is 45.1 Å². The average Bonchev–Trinajstić information content (AvgIpc) is 2.48. The van der Waals surface area contributed by atoms with E-state index in [0.29, 0.717) is 0 Å². The van der Waals surface area contributed by atoms with Crippen molar-refractivity contribution in [3.63, 3.8) is 0 Å². The highest BCUT2D eigenvalue weighted by Gasteiger charge is 2.32. The van der Waals surface area contributed by atoms with Crippen molar-refractivity contribution < 1.29 is 14.3 Å². The standard InChI is InChI=1S/C16H25NO3/c1-5-6-7-12-16(2,20-4)15(18)17-13-8-10-14(19-3)11-9-13/h8-11H,5-7,12H2,1-4H3,(H,17,18). The fourth-order valence-corrected chi connectivity index (χ4v) is 1.96. The van der Waals surface area contributed by atoms with Gasteiger partial charge < -0.3 is 14.8 Å². The van der Waals surface area contributed by atoms with Gasteiger partial charge >= 0.3 is 0 Å². The fourth-order valence-electron chi connectivity index (χ4n) is 1.96. The first-order valence-corrected chi connectivity index (χ1v) is 7.06. The highest BCUT2D eigenvalue weighted by atomic mass is 16.5. The van der Waals surface area contributed by atoms with Gasteiger partial charge in [-0.05, 0) is 37.6 Å². The van der Waals surface area contributed by atoms with Gasteiger partial charge in [-0.2, -0.15) is 0 Å². The maximum absolute atomic E-state index is 12.3. The SMILES string of the molecule is CCCCCC(C)(OC)C(=O)Nc1ccc(OC)cc1. The third-order valence-corrected chi connectivity index (χ3v) is 3.54. The molecule has 1 unspecified atom stereocenters. The quantitative estimate of drug-likeness (QED) is 0.739. The Bertz CT molecular complexity index is 416. The van der Waals surface area contributed by atoms with Gasteiger partial charge in [0.2, 0.25) is 0 Å². The molecule has 0 heterocycles. The van der Waals surface area contributed by atoms with Gasteiger partial charge in [-0.25, -0.2) is 0 Å². The van der Waals surface area contributed by atoms with E-state index in [1.807, 2.05) is 31.2 Å². The van der Waals surface area contributed by atoms with Crippen LogP contribution in [0.1, 0.15) is 39.5 Å². The third kappa shape index (κ3) is 4.53. The molecule has 0 aliphatic heterocycles. The summed E-state index contributed by atoms with van der Waals surface area (Å²) in [5, 5.41) is 2.89. The molecule has 1 atom stereocenters. The Morgan fingerprint density at radius 2 is 1.85 bits per heavy atom. The van der Waals surface area contributed by atoms with E-state index in [1.165, 1.54) is 0 Å². The van der Waals surface area contributed by atoms with Crippen molar-refractivity contribution in [3.8, 4) is 5.75 Å². The van der Waals surface area contributed by atoms with Crippen LogP contribution in [0, 0.1) is 0 Å². The number of carbonyl (C=O) groups excluding carboxylic acids is 1. The van der Waals surface area contributed by atoms with E-state index in [9.17, 15) is 4.79 Å². The van der Waals surface area contributed by atoms with Crippen LogP contribution in [0.3, 0.4) is 0 Å². The minimum atomic E-state index is -0.783. The van der Waals surface area contributed by atoms with E-state index in [0.717, 1.165) is 37.1 Å². The number of amides is 1. The summed E-state index contributed by atoms with van der Waals surface area (Å²) in [5.74, 6) is 0.654. The van der Waals surface area contributed by atoms with Crippen molar-refractivity contribution in [1.82, 2.24) is 0 Å². The van der Waals surface area contributed by atoms with Crippen LogP contribution in [-0.4, -0.2) is 25.7 Å². The van der Waals surface area contributed by atoms with Crippen molar-refractivity contribution in [2.24, 2.45) is 0 Å². The number of carbonyl (C=O) groups is 1. The summed E-state index contributed by atoms with van der Waals surface area (Å²) in [6, 6.07) is 7.27. The molecule has 0 radical (unpaired) electrons. The largest absolute Gasteiger partial charge is 0.497 e. The molecule has 0 aromatic heterocycles. The lowest BCUT2D eigenvalue weighted by atomic mass is 9.97. The van der Waals surface area contributed by atoms with E-state index in [4.69, 9.17) is 9.47 Å². The normalized spacial score (nSPS) is 13.6. The number of unbranched alkanes of at least 4 members (excludes halogenated alkanes) is 2. The summed E-state index contributed by atoms with van der Waals surface area (Å²) < 4.78 is 10.5. The maximum atomic E-state index is 12.3. The van der Waals surface area contributed by atoms with Gasteiger partial charge in [-0.15, -0.1) is 0 Å². The van der Waals surface area contributed by atoms with Crippen molar-refractivity contribution in [2.75, 3.05) is 19.5 Å². The first-order chi connectivity index (χ1) is 9.55. The molecule has 1 amide bonds. The number of hydrogen-bond donors (Lipinski definition) is 1. The van der Waals surface area contributed by atoms with E-state index < -0.39 is 5.60 Å². The second kappa shape index (κ2) is 7.90. The molecular weight excluding hydrogens is 254 g/mol. The molecule has 0 bridgehead atoms.